The van der Waals surface area contributed by atoms with Gasteiger partial charge < -0.3 is 19.9 Å². The average Bonchev–Trinajstić information content (AvgIpc) is 3.18. The van der Waals surface area contributed by atoms with Crippen LogP contribution in [0.5, 0.6) is 5.75 Å². The van der Waals surface area contributed by atoms with Gasteiger partial charge in [0, 0.05) is 37.4 Å². The van der Waals surface area contributed by atoms with E-state index in [2.05, 4.69) is 45.9 Å². The lowest BCUT2D eigenvalue weighted by Crippen LogP contribution is -2.52. The molecule has 1 aliphatic rings. The summed E-state index contributed by atoms with van der Waals surface area (Å²) < 4.78 is 7.05. The van der Waals surface area contributed by atoms with Gasteiger partial charge in [0.2, 0.25) is 0 Å². The Morgan fingerprint density at radius 2 is 1.83 bits per heavy atom. The molecule has 29 heavy (non-hydrogen) atoms. The molecule has 0 atom stereocenters. The maximum absolute atomic E-state index is 12.6. The van der Waals surface area contributed by atoms with E-state index in [0.29, 0.717) is 26.2 Å². The monoisotopic (exact) mass is 409 g/mol. The quantitative estimate of drug-likeness (QED) is 0.657. The second-order valence-electron chi connectivity index (χ2n) is 7.11. The molecular weight excluding hydrogens is 382 g/mol. The Kier molecular flexibility index (Phi) is 6.20. The summed E-state index contributed by atoms with van der Waals surface area (Å²) in [6.45, 7) is 6.37. The molecule has 0 unspecified atom stereocenters. The Hall–Kier alpha value is -2.73. The van der Waals surface area contributed by atoms with Crippen molar-refractivity contribution in [2.45, 2.75) is 13.3 Å². The number of piperazine rings is 1. The van der Waals surface area contributed by atoms with E-state index >= 15 is 0 Å². The normalized spacial score (nSPS) is 14.2. The Morgan fingerprint density at radius 3 is 2.66 bits per heavy atom. The minimum atomic E-state index is 0.0299. The predicted octanol–water partition coefficient (Wildman–Crippen LogP) is 4.37. The number of rotatable bonds is 6. The molecular formula is C23H27N3O2S. The molecule has 3 aromatic rings. The third-order valence-corrected chi connectivity index (χ3v) is 6.32. The first-order chi connectivity index (χ1) is 14.3. The number of nitrogens with zero attached hydrogens (tertiary/aromatic N) is 2. The molecule has 4 rings (SSSR count). The Balaban J connectivity index is 1.27. The third-order valence-electron chi connectivity index (χ3n) is 5.30. The second kappa shape index (κ2) is 9.18. The molecule has 0 aliphatic carbocycles. The van der Waals surface area contributed by atoms with Gasteiger partial charge in [0.15, 0.2) is 0 Å². The van der Waals surface area contributed by atoms with Gasteiger partial charge in [-0.05, 0) is 47.9 Å². The van der Waals surface area contributed by atoms with Crippen LogP contribution in [-0.4, -0.2) is 50.3 Å². The van der Waals surface area contributed by atoms with Crippen LogP contribution in [0.4, 0.5) is 10.5 Å². The fraction of sp³-hybridized carbons (Fsp3) is 0.348. The van der Waals surface area contributed by atoms with Gasteiger partial charge in [-0.3, -0.25) is 0 Å². The summed E-state index contributed by atoms with van der Waals surface area (Å²) in [4.78, 5) is 16.8. The van der Waals surface area contributed by atoms with Crippen molar-refractivity contribution in [3.05, 3.63) is 59.5 Å². The number of fused-ring (bicyclic) bond motifs is 1. The molecule has 5 nitrogen and oxygen atoms in total. The fourth-order valence-corrected chi connectivity index (χ4v) is 4.79. The molecule has 6 heteroatoms. The highest BCUT2D eigenvalue weighted by Gasteiger charge is 2.22. The SMILES string of the molecule is CCOc1ccccc1N1CCN(C(=O)NCCc2csc3ccccc23)CC1. The lowest BCUT2D eigenvalue weighted by atomic mass is 10.1. The minimum absolute atomic E-state index is 0.0299. The number of anilines is 1. The molecule has 2 amide bonds. The smallest absolute Gasteiger partial charge is 0.317 e. The highest BCUT2D eigenvalue weighted by atomic mass is 32.1. The number of para-hydroxylation sites is 2. The molecule has 1 aliphatic heterocycles. The molecule has 1 N–H and O–H groups in total. The van der Waals surface area contributed by atoms with Gasteiger partial charge >= 0.3 is 6.03 Å². The number of thiophene rings is 1. The van der Waals surface area contributed by atoms with Crippen LogP contribution in [0.3, 0.4) is 0 Å². The first-order valence-corrected chi connectivity index (χ1v) is 11.1. The number of carbonyl (C=O) groups excluding carboxylic acids is 1. The van der Waals surface area contributed by atoms with E-state index in [4.69, 9.17) is 4.74 Å². The standard InChI is InChI=1S/C23H27N3O2S/c1-2-28-21-9-5-4-8-20(21)25-13-15-26(16-14-25)23(27)24-12-11-18-17-29-22-10-6-3-7-19(18)22/h3-10,17H,2,11-16H2,1H3,(H,24,27). The van der Waals surface area contributed by atoms with E-state index in [1.165, 1.54) is 15.6 Å². The first-order valence-electron chi connectivity index (χ1n) is 10.2. The molecule has 2 aromatic carbocycles. The molecule has 0 saturated carbocycles. The number of ether oxygens (including phenoxy) is 1. The maximum Gasteiger partial charge on any atom is 0.317 e. The number of hydrogen-bond acceptors (Lipinski definition) is 4. The molecule has 0 radical (unpaired) electrons. The van der Waals surface area contributed by atoms with E-state index in [9.17, 15) is 4.79 Å². The van der Waals surface area contributed by atoms with Crippen molar-refractivity contribution >= 4 is 33.1 Å². The molecule has 1 fully saturated rings. The summed E-state index contributed by atoms with van der Waals surface area (Å²) in [5.41, 5.74) is 2.42. The largest absolute Gasteiger partial charge is 0.492 e. The zero-order valence-corrected chi connectivity index (χ0v) is 17.6. The van der Waals surface area contributed by atoms with Gasteiger partial charge in [-0.1, -0.05) is 30.3 Å². The fourth-order valence-electron chi connectivity index (χ4n) is 3.79. The van der Waals surface area contributed by atoms with Crippen molar-refractivity contribution < 1.29 is 9.53 Å². The number of amides is 2. The van der Waals surface area contributed by atoms with Gasteiger partial charge in [0.1, 0.15) is 5.75 Å². The summed E-state index contributed by atoms with van der Waals surface area (Å²) >= 11 is 1.76. The summed E-state index contributed by atoms with van der Waals surface area (Å²) in [6.07, 6.45) is 0.859. The lowest BCUT2D eigenvalue weighted by Gasteiger charge is -2.36. The molecule has 1 aromatic heterocycles. The van der Waals surface area contributed by atoms with Gasteiger partial charge in [0.25, 0.3) is 0 Å². The van der Waals surface area contributed by atoms with E-state index in [1.54, 1.807) is 11.3 Å². The Morgan fingerprint density at radius 1 is 1.07 bits per heavy atom. The lowest BCUT2D eigenvalue weighted by molar-refractivity contribution is 0.194. The highest BCUT2D eigenvalue weighted by molar-refractivity contribution is 7.17. The van der Waals surface area contributed by atoms with Crippen molar-refractivity contribution in [2.24, 2.45) is 0 Å². The zero-order chi connectivity index (χ0) is 20.1. The minimum Gasteiger partial charge on any atom is -0.492 e. The van der Waals surface area contributed by atoms with Crippen molar-refractivity contribution in [3.63, 3.8) is 0 Å². The molecule has 0 spiro atoms. The van der Waals surface area contributed by atoms with Crippen LogP contribution in [0.2, 0.25) is 0 Å². The second-order valence-corrected chi connectivity index (χ2v) is 8.03. The van der Waals surface area contributed by atoms with Gasteiger partial charge in [0.05, 0.1) is 12.3 Å². The van der Waals surface area contributed by atoms with E-state index in [-0.39, 0.29) is 6.03 Å². The van der Waals surface area contributed by atoms with E-state index in [0.717, 1.165) is 30.9 Å². The third kappa shape index (κ3) is 4.48. The van der Waals surface area contributed by atoms with E-state index < -0.39 is 0 Å². The van der Waals surface area contributed by atoms with E-state index in [1.807, 2.05) is 30.0 Å². The van der Waals surface area contributed by atoms with Gasteiger partial charge in [-0.2, -0.15) is 0 Å². The first kappa shape index (κ1) is 19.6. The Labute approximate surface area is 175 Å². The number of urea groups is 1. The number of benzene rings is 2. The number of carbonyl (C=O) groups is 1. The maximum atomic E-state index is 12.6. The topological polar surface area (TPSA) is 44.8 Å². The van der Waals surface area contributed by atoms with Gasteiger partial charge in [-0.25, -0.2) is 4.79 Å². The number of nitrogens with one attached hydrogen (secondary N) is 1. The van der Waals surface area contributed by atoms with Crippen LogP contribution in [0.15, 0.2) is 53.9 Å². The molecule has 2 heterocycles. The van der Waals surface area contributed by atoms with Crippen molar-refractivity contribution in [1.29, 1.82) is 0 Å². The Bertz CT molecular complexity index is 963. The summed E-state index contributed by atoms with van der Waals surface area (Å²) in [5, 5.41) is 6.59. The van der Waals surface area contributed by atoms with Crippen molar-refractivity contribution in [3.8, 4) is 5.75 Å². The molecule has 1 saturated heterocycles. The van der Waals surface area contributed by atoms with Crippen LogP contribution >= 0.6 is 11.3 Å². The summed E-state index contributed by atoms with van der Waals surface area (Å²) in [5.74, 6) is 0.913. The average molecular weight is 410 g/mol. The van der Waals surface area contributed by atoms with Crippen LogP contribution in [0.1, 0.15) is 12.5 Å². The van der Waals surface area contributed by atoms with Crippen molar-refractivity contribution in [2.75, 3.05) is 44.2 Å². The van der Waals surface area contributed by atoms with Crippen LogP contribution in [0.25, 0.3) is 10.1 Å². The van der Waals surface area contributed by atoms with Gasteiger partial charge in [-0.15, -0.1) is 11.3 Å². The van der Waals surface area contributed by atoms with Crippen LogP contribution in [0, 0.1) is 0 Å². The van der Waals surface area contributed by atoms with Crippen LogP contribution in [-0.2, 0) is 6.42 Å². The molecule has 0 bridgehead atoms. The summed E-state index contributed by atoms with van der Waals surface area (Å²) in [6, 6.07) is 16.6. The summed E-state index contributed by atoms with van der Waals surface area (Å²) in [7, 11) is 0. The number of hydrogen-bond donors (Lipinski definition) is 1. The highest BCUT2D eigenvalue weighted by Crippen LogP contribution is 2.29. The predicted molar refractivity (Wildman–Crippen MR) is 120 cm³/mol. The van der Waals surface area contributed by atoms with Crippen molar-refractivity contribution in [1.82, 2.24) is 10.2 Å². The van der Waals surface area contributed by atoms with Crippen LogP contribution < -0.4 is 15.0 Å². The zero-order valence-electron chi connectivity index (χ0n) is 16.8. The molecule has 152 valence electrons.